The van der Waals surface area contributed by atoms with E-state index in [1.54, 1.807) is 20.8 Å². The Morgan fingerprint density at radius 1 is 1.33 bits per heavy atom. The lowest BCUT2D eigenvalue weighted by atomic mass is 9.96. The number of hydrogen-bond acceptors (Lipinski definition) is 3. The number of carbonyl (C=O) groups excluding carboxylic acids is 2. The summed E-state index contributed by atoms with van der Waals surface area (Å²) in [4.78, 5) is 21.8. The van der Waals surface area contributed by atoms with Gasteiger partial charge in [-0.3, -0.25) is 9.59 Å². The standard InChI is InChI=1S/C8H15NO3/c1-8(2,3)7(11)9-5-6(10)12-4/h5H2,1-4H3,(H,9,11). The molecule has 0 aliphatic heterocycles. The highest BCUT2D eigenvalue weighted by atomic mass is 16.5. The molecule has 0 aromatic heterocycles. The highest BCUT2D eigenvalue weighted by Crippen LogP contribution is 2.11. The predicted octanol–water partition coefficient (Wildman–Crippen LogP) is 0.322. The van der Waals surface area contributed by atoms with E-state index in [0.717, 1.165) is 0 Å². The molecule has 0 aromatic carbocycles. The van der Waals surface area contributed by atoms with E-state index in [1.165, 1.54) is 7.11 Å². The molecule has 0 aromatic rings. The lowest BCUT2D eigenvalue weighted by molar-refractivity contribution is -0.142. The number of carbonyl (C=O) groups is 2. The molecule has 0 saturated heterocycles. The molecule has 70 valence electrons. The Kier molecular flexibility index (Phi) is 3.73. The summed E-state index contributed by atoms with van der Waals surface area (Å²) in [5, 5.41) is 2.46. The topological polar surface area (TPSA) is 55.4 Å². The second kappa shape index (κ2) is 4.09. The zero-order chi connectivity index (χ0) is 9.78. The Labute approximate surface area is 72.3 Å². The first-order chi connectivity index (χ1) is 5.38. The van der Waals surface area contributed by atoms with E-state index in [1.807, 2.05) is 0 Å². The number of ether oxygens (including phenoxy) is 1. The van der Waals surface area contributed by atoms with Gasteiger partial charge in [-0.2, -0.15) is 0 Å². The average Bonchev–Trinajstić information content (AvgIpc) is 1.97. The van der Waals surface area contributed by atoms with Crippen LogP contribution in [0.5, 0.6) is 0 Å². The van der Waals surface area contributed by atoms with Crippen LogP contribution in [0.3, 0.4) is 0 Å². The van der Waals surface area contributed by atoms with E-state index in [9.17, 15) is 9.59 Å². The van der Waals surface area contributed by atoms with Gasteiger partial charge in [0, 0.05) is 5.41 Å². The van der Waals surface area contributed by atoms with Gasteiger partial charge in [0.05, 0.1) is 7.11 Å². The number of hydrogen-bond donors (Lipinski definition) is 1. The molecule has 1 amide bonds. The van der Waals surface area contributed by atoms with Crippen LogP contribution < -0.4 is 5.32 Å². The first-order valence-electron chi connectivity index (χ1n) is 3.73. The van der Waals surface area contributed by atoms with Gasteiger partial charge < -0.3 is 10.1 Å². The minimum atomic E-state index is -0.464. The SMILES string of the molecule is COC(=O)CNC(=O)C(C)(C)C. The Morgan fingerprint density at radius 2 is 1.83 bits per heavy atom. The second-order valence-corrected chi connectivity index (χ2v) is 3.51. The Bertz CT molecular complexity index is 181. The third kappa shape index (κ3) is 3.95. The molecule has 4 nitrogen and oxygen atoms in total. The molecule has 0 aliphatic rings. The summed E-state index contributed by atoms with van der Waals surface area (Å²) < 4.78 is 4.36. The molecular formula is C8H15NO3. The monoisotopic (exact) mass is 173 g/mol. The summed E-state index contributed by atoms with van der Waals surface area (Å²) >= 11 is 0. The van der Waals surface area contributed by atoms with Crippen LogP contribution in [-0.2, 0) is 14.3 Å². The van der Waals surface area contributed by atoms with Crippen LogP contribution in [-0.4, -0.2) is 25.5 Å². The van der Waals surface area contributed by atoms with Crippen LogP contribution in [0.2, 0.25) is 0 Å². The summed E-state index contributed by atoms with van der Waals surface area (Å²) in [6.45, 7) is 5.27. The van der Waals surface area contributed by atoms with Crippen LogP contribution in [0.1, 0.15) is 20.8 Å². The molecule has 0 radical (unpaired) electrons. The van der Waals surface area contributed by atoms with Crippen molar-refractivity contribution < 1.29 is 14.3 Å². The van der Waals surface area contributed by atoms with Crippen molar-refractivity contribution in [3.05, 3.63) is 0 Å². The van der Waals surface area contributed by atoms with Crippen molar-refractivity contribution in [2.24, 2.45) is 5.41 Å². The summed E-state index contributed by atoms with van der Waals surface area (Å²) in [6.07, 6.45) is 0. The van der Waals surface area contributed by atoms with E-state index < -0.39 is 11.4 Å². The largest absolute Gasteiger partial charge is 0.468 e. The van der Waals surface area contributed by atoms with Crippen molar-refractivity contribution in [1.82, 2.24) is 5.32 Å². The second-order valence-electron chi connectivity index (χ2n) is 3.51. The van der Waals surface area contributed by atoms with E-state index in [2.05, 4.69) is 10.1 Å². The zero-order valence-electron chi connectivity index (χ0n) is 7.93. The van der Waals surface area contributed by atoms with Gasteiger partial charge >= 0.3 is 5.97 Å². The highest BCUT2D eigenvalue weighted by molar-refractivity contribution is 5.85. The number of esters is 1. The highest BCUT2D eigenvalue weighted by Gasteiger charge is 2.21. The van der Waals surface area contributed by atoms with Crippen LogP contribution >= 0.6 is 0 Å². The molecule has 0 fully saturated rings. The molecule has 0 spiro atoms. The fourth-order valence-corrected chi connectivity index (χ4v) is 0.490. The minimum Gasteiger partial charge on any atom is -0.468 e. The molecular weight excluding hydrogens is 158 g/mol. The average molecular weight is 173 g/mol. The summed E-state index contributed by atoms with van der Waals surface area (Å²) in [7, 11) is 1.28. The minimum absolute atomic E-state index is 0.0629. The Hall–Kier alpha value is -1.06. The first kappa shape index (κ1) is 10.9. The lowest BCUT2D eigenvalue weighted by Crippen LogP contribution is -2.38. The van der Waals surface area contributed by atoms with E-state index in [0.29, 0.717) is 0 Å². The maximum atomic E-state index is 11.2. The van der Waals surface area contributed by atoms with Crippen LogP contribution in [0.4, 0.5) is 0 Å². The zero-order valence-corrected chi connectivity index (χ0v) is 7.93. The number of nitrogens with one attached hydrogen (secondary N) is 1. The molecule has 4 heteroatoms. The number of rotatable bonds is 2. The molecule has 1 N–H and O–H groups in total. The summed E-state index contributed by atoms with van der Waals surface area (Å²) in [5.41, 5.74) is -0.464. The Morgan fingerprint density at radius 3 is 2.17 bits per heavy atom. The number of amides is 1. The maximum absolute atomic E-state index is 11.2. The lowest BCUT2D eigenvalue weighted by Gasteiger charge is -2.16. The molecule has 0 unspecified atom stereocenters. The fraction of sp³-hybridized carbons (Fsp3) is 0.750. The molecule has 0 heterocycles. The third-order valence-corrected chi connectivity index (χ3v) is 1.30. The van der Waals surface area contributed by atoms with Gasteiger partial charge in [-0.1, -0.05) is 20.8 Å². The molecule has 0 saturated carbocycles. The molecule has 0 atom stereocenters. The van der Waals surface area contributed by atoms with Gasteiger partial charge in [0.25, 0.3) is 0 Å². The first-order valence-corrected chi connectivity index (χ1v) is 3.73. The molecule has 12 heavy (non-hydrogen) atoms. The van der Waals surface area contributed by atoms with Crippen molar-refractivity contribution in [2.75, 3.05) is 13.7 Å². The quantitative estimate of drug-likeness (QED) is 0.612. The third-order valence-electron chi connectivity index (χ3n) is 1.30. The summed E-state index contributed by atoms with van der Waals surface area (Å²) in [5.74, 6) is -0.597. The number of methoxy groups -OCH3 is 1. The van der Waals surface area contributed by atoms with Crippen molar-refractivity contribution >= 4 is 11.9 Å². The van der Waals surface area contributed by atoms with Gasteiger partial charge in [0.2, 0.25) is 5.91 Å². The van der Waals surface area contributed by atoms with Crippen molar-refractivity contribution in [3.8, 4) is 0 Å². The summed E-state index contributed by atoms with van der Waals surface area (Å²) in [6, 6.07) is 0. The smallest absolute Gasteiger partial charge is 0.325 e. The van der Waals surface area contributed by atoms with Gasteiger partial charge in [0.1, 0.15) is 6.54 Å². The van der Waals surface area contributed by atoms with Crippen LogP contribution in [0, 0.1) is 5.41 Å². The van der Waals surface area contributed by atoms with Crippen molar-refractivity contribution in [1.29, 1.82) is 0 Å². The Balaban J connectivity index is 3.81. The predicted molar refractivity (Wildman–Crippen MR) is 44.5 cm³/mol. The normalized spacial score (nSPS) is 10.7. The van der Waals surface area contributed by atoms with Crippen molar-refractivity contribution in [2.45, 2.75) is 20.8 Å². The van der Waals surface area contributed by atoms with E-state index >= 15 is 0 Å². The fourth-order valence-electron chi connectivity index (χ4n) is 0.490. The molecule has 0 bridgehead atoms. The maximum Gasteiger partial charge on any atom is 0.325 e. The van der Waals surface area contributed by atoms with E-state index in [-0.39, 0.29) is 12.5 Å². The van der Waals surface area contributed by atoms with Crippen molar-refractivity contribution in [3.63, 3.8) is 0 Å². The molecule has 0 aliphatic carbocycles. The van der Waals surface area contributed by atoms with Gasteiger partial charge in [-0.15, -0.1) is 0 Å². The van der Waals surface area contributed by atoms with Gasteiger partial charge in [-0.25, -0.2) is 0 Å². The van der Waals surface area contributed by atoms with Crippen LogP contribution in [0.25, 0.3) is 0 Å². The molecule has 0 rings (SSSR count). The van der Waals surface area contributed by atoms with E-state index in [4.69, 9.17) is 0 Å². The van der Waals surface area contributed by atoms with Gasteiger partial charge in [0.15, 0.2) is 0 Å². The van der Waals surface area contributed by atoms with Gasteiger partial charge in [-0.05, 0) is 0 Å². The van der Waals surface area contributed by atoms with Crippen LogP contribution in [0.15, 0.2) is 0 Å².